The Balaban J connectivity index is 2.43. The molecular weight excluding hydrogens is 299 g/mol. The van der Waals surface area contributed by atoms with E-state index in [9.17, 15) is 9.59 Å². The van der Waals surface area contributed by atoms with Crippen LogP contribution in [0.5, 0.6) is 0 Å². The van der Waals surface area contributed by atoms with Crippen molar-refractivity contribution in [1.82, 2.24) is 9.55 Å². The lowest BCUT2D eigenvalue weighted by molar-refractivity contribution is 0.901. The summed E-state index contributed by atoms with van der Waals surface area (Å²) in [6.45, 7) is 0. The van der Waals surface area contributed by atoms with Crippen LogP contribution in [0.1, 0.15) is 0 Å². The van der Waals surface area contributed by atoms with E-state index in [2.05, 4.69) is 4.98 Å². The quantitative estimate of drug-likeness (QED) is 0.751. The first-order valence-electron chi connectivity index (χ1n) is 5.77. The van der Waals surface area contributed by atoms with Crippen LogP contribution >= 0.6 is 23.2 Å². The van der Waals surface area contributed by atoms with Crippen LogP contribution in [0.3, 0.4) is 0 Å². The minimum atomic E-state index is -0.521. The number of H-pyrrole nitrogens is 1. The zero-order chi connectivity index (χ0) is 14.3. The Bertz CT molecular complexity index is 911. The molecule has 2 aromatic carbocycles. The van der Waals surface area contributed by atoms with Gasteiger partial charge in [0.05, 0.1) is 21.6 Å². The molecule has 4 nitrogen and oxygen atoms in total. The maximum atomic E-state index is 12.5. The second-order valence-electron chi connectivity index (χ2n) is 4.21. The van der Waals surface area contributed by atoms with E-state index >= 15 is 0 Å². The molecular formula is C14H8Cl2N2O2. The van der Waals surface area contributed by atoms with E-state index in [0.29, 0.717) is 21.2 Å². The minimum Gasteiger partial charge on any atom is -0.306 e. The summed E-state index contributed by atoms with van der Waals surface area (Å²) < 4.78 is 1.03. The van der Waals surface area contributed by atoms with Crippen molar-refractivity contribution < 1.29 is 0 Å². The molecule has 0 bridgehead atoms. The molecule has 0 aliphatic heterocycles. The van der Waals surface area contributed by atoms with E-state index in [1.807, 2.05) is 0 Å². The van der Waals surface area contributed by atoms with E-state index in [-0.39, 0.29) is 5.39 Å². The van der Waals surface area contributed by atoms with Crippen LogP contribution in [0.4, 0.5) is 0 Å². The fourth-order valence-electron chi connectivity index (χ4n) is 2.05. The predicted octanol–water partition coefficient (Wildman–Crippen LogP) is 2.99. The summed E-state index contributed by atoms with van der Waals surface area (Å²) in [6.07, 6.45) is 0. The highest BCUT2D eigenvalue weighted by atomic mass is 35.5. The second-order valence-corrected chi connectivity index (χ2v) is 5.05. The van der Waals surface area contributed by atoms with Gasteiger partial charge in [-0.25, -0.2) is 9.36 Å². The molecule has 0 atom stereocenters. The number of nitrogens with zero attached hydrogens (tertiary/aromatic N) is 1. The maximum Gasteiger partial charge on any atom is 0.333 e. The minimum absolute atomic E-state index is 0.281. The van der Waals surface area contributed by atoms with E-state index in [1.54, 1.807) is 42.5 Å². The molecule has 6 heteroatoms. The van der Waals surface area contributed by atoms with Crippen molar-refractivity contribution in [3.05, 3.63) is 73.3 Å². The highest BCUT2D eigenvalue weighted by Crippen LogP contribution is 2.18. The molecule has 3 aromatic rings. The van der Waals surface area contributed by atoms with Crippen molar-refractivity contribution in [1.29, 1.82) is 0 Å². The molecule has 1 aromatic heterocycles. The Labute approximate surface area is 123 Å². The van der Waals surface area contributed by atoms with Gasteiger partial charge in [0.25, 0.3) is 5.56 Å². The second kappa shape index (κ2) is 4.81. The number of nitrogens with one attached hydrogen (secondary N) is 1. The Kier molecular flexibility index (Phi) is 3.12. The molecule has 0 aliphatic carbocycles. The van der Waals surface area contributed by atoms with Crippen LogP contribution in [0, 0.1) is 0 Å². The third-order valence-corrected chi connectivity index (χ3v) is 3.53. The van der Waals surface area contributed by atoms with Crippen molar-refractivity contribution in [2.75, 3.05) is 0 Å². The SMILES string of the molecule is O=c1[nH]c2cccc(Cl)c2c(=O)n1-c1ccc(Cl)cc1. The van der Waals surface area contributed by atoms with Gasteiger partial charge in [-0.3, -0.25) is 4.79 Å². The summed E-state index contributed by atoms with van der Waals surface area (Å²) >= 11 is 11.8. The zero-order valence-electron chi connectivity index (χ0n) is 10.1. The fraction of sp³-hybridized carbons (Fsp3) is 0. The molecule has 0 spiro atoms. The van der Waals surface area contributed by atoms with Gasteiger partial charge in [0.2, 0.25) is 0 Å². The normalized spacial score (nSPS) is 10.9. The van der Waals surface area contributed by atoms with Gasteiger partial charge in [-0.15, -0.1) is 0 Å². The summed E-state index contributed by atoms with van der Waals surface area (Å²) in [5.74, 6) is 0. The number of aromatic amines is 1. The van der Waals surface area contributed by atoms with Gasteiger partial charge < -0.3 is 4.98 Å². The summed E-state index contributed by atoms with van der Waals surface area (Å²) in [5.41, 5.74) is -0.135. The van der Waals surface area contributed by atoms with Crippen LogP contribution in [0.25, 0.3) is 16.6 Å². The van der Waals surface area contributed by atoms with Crippen molar-refractivity contribution in [3.8, 4) is 5.69 Å². The number of halogens is 2. The largest absolute Gasteiger partial charge is 0.333 e. The number of hydrogen-bond acceptors (Lipinski definition) is 2. The fourth-order valence-corrected chi connectivity index (χ4v) is 2.43. The van der Waals surface area contributed by atoms with E-state index in [1.165, 1.54) is 0 Å². The van der Waals surface area contributed by atoms with Gasteiger partial charge in [-0.1, -0.05) is 29.3 Å². The molecule has 1 heterocycles. The maximum absolute atomic E-state index is 12.5. The first-order valence-corrected chi connectivity index (χ1v) is 6.53. The monoisotopic (exact) mass is 306 g/mol. The number of aromatic nitrogens is 2. The molecule has 0 aliphatic rings. The summed E-state index contributed by atoms with van der Waals surface area (Å²) in [4.78, 5) is 27.2. The molecule has 20 heavy (non-hydrogen) atoms. The summed E-state index contributed by atoms with van der Waals surface area (Å²) in [6, 6.07) is 11.3. The van der Waals surface area contributed by atoms with Gasteiger partial charge in [-0.2, -0.15) is 0 Å². The predicted molar refractivity (Wildman–Crippen MR) is 80.2 cm³/mol. The zero-order valence-corrected chi connectivity index (χ0v) is 11.6. The Hall–Kier alpha value is -2.04. The van der Waals surface area contributed by atoms with Gasteiger partial charge in [0.15, 0.2) is 0 Å². The van der Waals surface area contributed by atoms with Crippen LogP contribution in [-0.4, -0.2) is 9.55 Å². The first-order chi connectivity index (χ1) is 9.58. The molecule has 0 unspecified atom stereocenters. The van der Waals surface area contributed by atoms with Gasteiger partial charge in [0, 0.05) is 5.02 Å². The molecule has 0 saturated carbocycles. The van der Waals surface area contributed by atoms with Crippen LogP contribution in [-0.2, 0) is 0 Å². The number of rotatable bonds is 1. The lowest BCUT2D eigenvalue weighted by Gasteiger charge is -2.07. The van der Waals surface area contributed by atoms with Crippen LogP contribution in [0.15, 0.2) is 52.1 Å². The molecule has 0 saturated heterocycles. The van der Waals surface area contributed by atoms with Crippen molar-refractivity contribution >= 4 is 34.1 Å². The lowest BCUT2D eigenvalue weighted by Crippen LogP contribution is -2.33. The third-order valence-electron chi connectivity index (χ3n) is 2.96. The van der Waals surface area contributed by atoms with E-state index < -0.39 is 11.2 Å². The third kappa shape index (κ3) is 2.03. The van der Waals surface area contributed by atoms with Crippen molar-refractivity contribution in [3.63, 3.8) is 0 Å². The van der Waals surface area contributed by atoms with Crippen LogP contribution < -0.4 is 11.2 Å². The first kappa shape index (κ1) is 13.0. The summed E-state index contributed by atoms with van der Waals surface area (Å²) in [7, 11) is 0. The van der Waals surface area contributed by atoms with Crippen molar-refractivity contribution in [2.24, 2.45) is 0 Å². The van der Waals surface area contributed by atoms with Crippen LogP contribution in [0.2, 0.25) is 10.0 Å². The van der Waals surface area contributed by atoms with Crippen molar-refractivity contribution in [2.45, 2.75) is 0 Å². The molecule has 0 fully saturated rings. The molecule has 0 amide bonds. The average Bonchev–Trinajstić information content (AvgIpc) is 2.40. The summed E-state index contributed by atoms with van der Waals surface area (Å²) in [5, 5.41) is 1.10. The van der Waals surface area contributed by atoms with E-state index in [4.69, 9.17) is 23.2 Å². The molecule has 0 radical (unpaired) electrons. The highest BCUT2D eigenvalue weighted by Gasteiger charge is 2.11. The van der Waals surface area contributed by atoms with E-state index in [0.717, 1.165) is 4.57 Å². The molecule has 3 rings (SSSR count). The smallest absolute Gasteiger partial charge is 0.306 e. The average molecular weight is 307 g/mol. The Morgan fingerprint density at radius 3 is 2.35 bits per heavy atom. The highest BCUT2D eigenvalue weighted by molar-refractivity contribution is 6.35. The number of fused-ring (bicyclic) bond motifs is 1. The Morgan fingerprint density at radius 2 is 1.65 bits per heavy atom. The van der Waals surface area contributed by atoms with Gasteiger partial charge in [0.1, 0.15) is 0 Å². The lowest BCUT2D eigenvalue weighted by atomic mass is 10.2. The van der Waals surface area contributed by atoms with Gasteiger partial charge >= 0.3 is 5.69 Å². The number of benzene rings is 2. The van der Waals surface area contributed by atoms with Gasteiger partial charge in [-0.05, 0) is 36.4 Å². The molecule has 100 valence electrons. The molecule has 1 N–H and O–H groups in total. The standard InChI is InChI=1S/C14H8Cl2N2O2/c15-8-4-6-9(7-5-8)18-13(19)12-10(16)2-1-3-11(12)17-14(18)20/h1-7H,(H,17,20). The number of hydrogen-bond donors (Lipinski definition) is 1. The topological polar surface area (TPSA) is 54.9 Å². The Morgan fingerprint density at radius 1 is 0.950 bits per heavy atom.